The van der Waals surface area contributed by atoms with Gasteiger partial charge in [0.15, 0.2) is 0 Å². The normalized spacial score (nSPS) is 21.0. The minimum atomic E-state index is -3.44. The summed E-state index contributed by atoms with van der Waals surface area (Å²) in [4.78, 5) is 0.429. The zero-order valence-electron chi connectivity index (χ0n) is 12.6. The van der Waals surface area contributed by atoms with Crippen LogP contribution in [0.15, 0.2) is 29.2 Å². The third-order valence-electron chi connectivity index (χ3n) is 4.76. The maximum absolute atomic E-state index is 12.7. The highest BCUT2D eigenvalue weighted by molar-refractivity contribution is 7.89. The van der Waals surface area contributed by atoms with E-state index in [2.05, 4.69) is 17.0 Å². The summed E-state index contributed by atoms with van der Waals surface area (Å²) in [7, 11) is -3.44. The summed E-state index contributed by atoms with van der Waals surface area (Å²) in [6.07, 6.45) is 6.27. The lowest BCUT2D eigenvalue weighted by atomic mass is 9.76. The molecule has 1 aromatic carbocycles. The van der Waals surface area contributed by atoms with Gasteiger partial charge in [0.2, 0.25) is 10.0 Å². The molecule has 0 radical (unpaired) electrons. The Morgan fingerprint density at radius 2 is 1.95 bits per heavy atom. The smallest absolute Gasteiger partial charge is 0.241 e. The van der Waals surface area contributed by atoms with Crippen molar-refractivity contribution in [2.45, 2.75) is 68.5 Å². The van der Waals surface area contributed by atoms with Gasteiger partial charge < -0.3 is 5.32 Å². The molecule has 2 aliphatic carbocycles. The van der Waals surface area contributed by atoms with E-state index in [1.807, 2.05) is 12.1 Å². The molecule has 0 bridgehead atoms. The first kappa shape index (κ1) is 15.0. The van der Waals surface area contributed by atoms with Crippen LogP contribution in [0, 0.1) is 0 Å². The van der Waals surface area contributed by atoms with Gasteiger partial charge in [-0.15, -0.1) is 0 Å². The fraction of sp³-hybridized carbons (Fsp3) is 0.625. The standard InChI is InChI=1S/C16H24N2O2S/c1-2-16(10-5-11-16)18-21(19,20)15-7-4-3-6-13(15)12-17-14-8-9-14/h3-4,6-7,14,17-18H,2,5,8-12H2,1H3. The zero-order chi connectivity index (χ0) is 14.9. The van der Waals surface area contributed by atoms with Crippen LogP contribution in [-0.4, -0.2) is 20.0 Å². The zero-order valence-corrected chi connectivity index (χ0v) is 13.4. The van der Waals surface area contributed by atoms with E-state index in [9.17, 15) is 8.42 Å². The molecule has 1 aromatic rings. The van der Waals surface area contributed by atoms with Gasteiger partial charge in [-0.05, 0) is 50.2 Å². The Bertz CT molecular complexity index is 599. The van der Waals surface area contributed by atoms with Gasteiger partial charge >= 0.3 is 0 Å². The van der Waals surface area contributed by atoms with E-state index in [0.29, 0.717) is 17.5 Å². The molecule has 0 spiro atoms. The second-order valence-electron chi connectivity index (χ2n) is 6.36. The molecule has 21 heavy (non-hydrogen) atoms. The number of rotatable bonds is 7. The predicted molar refractivity (Wildman–Crippen MR) is 83.5 cm³/mol. The molecule has 0 aromatic heterocycles. The van der Waals surface area contributed by atoms with Crippen LogP contribution >= 0.6 is 0 Å². The molecule has 0 amide bonds. The van der Waals surface area contributed by atoms with Gasteiger partial charge in [-0.25, -0.2) is 13.1 Å². The Hall–Kier alpha value is -0.910. The van der Waals surface area contributed by atoms with E-state index in [1.165, 1.54) is 12.8 Å². The van der Waals surface area contributed by atoms with E-state index in [1.54, 1.807) is 12.1 Å². The van der Waals surface area contributed by atoms with Crippen LogP contribution in [0.4, 0.5) is 0 Å². The number of hydrogen-bond donors (Lipinski definition) is 2. The summed E-state index contributed by atoms with van der Waals surface area (Å²) < 4.78 is 28.4. The first-order valence-corrected chi connectivity index (χ1v) is 9.38. The van der Waals surface area contributed by atoms with Crippen molar-refractivity contribution in [2.75, 3.05) is 0 Å². The van der Waals surface area contributed by atoms with Gasteiger partial charge in [0.25, 0.3) is 0 Å². The molecule has 0 unspecified atom stereocenters. The molecule has 3 rings (SSSR count). The predicted octanol–water partition coefficient (Wildman–Crippen LogP) is 2.55. The summed E-state index contributed by atoms with van der Waals surface area (Å²) in [6, 6.07) is 7.90. The van der Waals surface area contributed by atoms with Crippen LogP contribution in [0.25, 0.3) is 0 Å². The van der Waals surface area contributed by atoms with Gasteiger partial charge in [0.05, 0.1) is 4.90 Å². The third-order valence-corrected chi connectivity index (χ3v) is 6.44. The molecule has 2 N–H and O–H groups in total. The summed E-state index contributed by atoms with van der Waals surface area (Å²) in [5, 5.41) is 3.40. The van der Waals surface area contributed by atoms with E-state index in [4.69, 9.17) is 0 Å². The van der Waals surface area contributed by atoms with Crippen molar-refractivity contribution in [3.05, 3.63) is 29.8 Å². The van der Waals surface area contributed by atoms with E-state index in [0.717, 1.165) is 31.2 Å². The van der Waals surface area contributed by atoms with Crippen LogP contribution < -0.4 is 10.0 Å². The SMILES string of the molecule is CCC1(NS(=O)(=O)c2ccccc2CNC2CC2)CCC1. The molecular weight excluding hydrogens is 284 g/mol. The molecule has 0 atom stereocenters. The van der Waals surface area contributed by atoms with Crippen LogP contribution in [0.3, 0.4) is 0 Å². The molecule has 2 aliphatic rings. The number of nitrogens with one attached hydrogen (secondary N) is 2. The summed E-state index contributed by atoms with van der Waals surface area (Å²) in [6.45, 7) is 2.68. The molecule has 0 heterocycles. The van der Waals surface area contributed by atoms with Crippen LogP contribution in [0.5, 0.6) is 0 Å². The van der Waals surface area contributed by atoms with Crippen molar-refractivity contribution < 1.29 is 8.42 Å². The van der Waals surface area contributed by atoms with E-state index in [-0.39, 0.29) is 5.54 Å². The summed E-state index contributed by atoms with van der Waals surface area (Å²) in [5.41, 5.74) is 0.651. The number of hydrogen-bond acceptors (Lipinski definition) is 3. The second kappa shape index (κ2) is 5.71. The van der Waals surface area contributed by atoms with Gasteiger partial charge in [0, 0.05) is 18.1 Å². The highest BCUT2D eigenvalue weighted by atomic mass is 32.2. The number of sulfonamides is 1. The van der Waals surface area contributed by atoms with Gasteiger partial charge in [0.1, 0.15) is 0 Å². The quantitative estimate of drug-likeness (QED) is 0.814. The second-order valence-corrected chi connectivity index (χ2v) is 8.01. The molecular formula is C16H24N2O2S. The Kier molecular flexibility index (Phi) is 4.08. The van der Waals surface area contributed by atoms with Gasteiger partial charge in [-0.1, -0.05) is 25.1 Å². The van der Waals surface area contributed by atoms with Crippen molar-refractivity contribution in [2.24, 2.45) is 0 Å². The van der Waals surface area contributed by atoms with Crippen LogP contribution in [0.2, 0.25) is 0 Å². The Morgan fingerprint density at radius 1 is 1.24 bits per heavy atom. The average molecular weight is 308 g/mol. The van der Waals surface area contributed by atoms with Crippen molar-refractivity contribution in [1.29, 1.82) is 0 Å². The maximum atomic E-state index is 12.7. The molecule has 2 fully saturated rings. The Morgan fingerprint density at radius 3 is 2.52 bits per heavy atom. The lowest BCUT2D eigenvalue weighted by Gasteiger charge is -2.41. The van der Waals surface area contributed by atoms with E-state index < -0.39 is 10.0 Å². The average Bonchev–Trinajstić information content (AvgIpc) is 3.25. The van der Waals surface area contributed by atoms with E-state index >= 15 is 0 Å². The van der Waals surface area contributed by atoms with Crippen molar-refractivity contribution in [3.8, 4) is 0 Å². The minimum Gasteiger partial charge on any atom is -0.310 e. The fourth-order valence-electron chi connectivity index (χ4n) is 2.93. The lowest BCUT2D eigenvalue weighted by molar-refractivity contribution is 0.214. The molecule has 4 nitrogen and oxygen atoms in total. The van der Waals surface area contributed by atoms with Crippen LogP contribution in [0.1, 0.15) is 51.0 Å². The molecule has 2 saturated carbocycles. The highest BCUT2D eigenvalue weighted by Gasteiger charge is 2.39. The topological polar surface area (TPSA) is 58.2 Å². The largest absolute Gasteiger partial charge is 0.310 e. The lowest BCUT2D eigenvalue weighted by Crippen LogP contribution is -2.52. The highest BCUT2D eigenvalue weighted by Crippen LogP contribution is 2.36. The first-order chi connectivity index (χ1) is 10.0. The fourth-order valence-corrected chi connectivity index (χ4v) is 4.70. The molecule has 5 heteroatoms. The third kappa shape index (κ3) is 3.30. The Balaban J connectivity index is 1.80. The monoisotopic (exact) mass is 308 g/mol. The molecule has 0 saturated heterocycles. The minimum absolute atomic E-state index is 0.212. The van der Waals surface area contributed by atoms with Crippen molar-refractivity contribution in [1.82, 2.24) is 10.0 Å². The number of benzene rings is 1. The summed E-state index contributed by atoms with van der Waals surface area (Å²) in [5.74, 6) is 0. The summed E-state index contributed by atoms with van der Waals surface area (Å²) >= 11 is 0. The van der Waals surface area contributed by atoms with Crippen LogP contribution in [-0.2, 0) is 16.6 Å². The van der Waals surface area contributed by atoms with Gasteiger partial charge in [-0.3, -0.25) is 0 Å². The van der Waals surface area contributed by atoms with Gasteiger partial charge in [-0.2, -0.15) is 0 Å². The molecule has 0 aliphatic heterocycles. The first-order valence-electron chi connectivity index (χ1n) is 7.90. The van der Waals surface area contributed by atoms with Crippen molar-refractivity contribution >= 4 is 10.0 Å². The Labute approximate surface area is 127 Å². The van der Waals surface area contributed by atoms with Crippen molar-refractivity contribution in [3.63, 3.8) is 0 Å². The molecule has 116 valence electrons. The maximum Gasteiger partial charge on any atom is 0.241 e.